The number of aromatic nitrogens is 3. The van der Waals surface area contributed by atoms with E-state index in [1.54, 1.807) is 19.2 Å². The highest BCUT2D eigenvalue weighted by molar-refractivity contribution is 5.93. The molecule has 0 N–H and O–H groups in total. The number of Topliss-reactive ketones (excluding diaryl/α,β-unsaturated/α-hetero) is 1. The van der Waals surface area contributed by atoms with Crippen molar-refractivity contribution < 1.29 is 9.32 Å². The molecule has 0 saturated heterocycles. The Hall–Kier alpha value is -1.91. The molecule has 0 aliphatic rings. The van der Waals surface area contributed by atoms with Gasteiger partial charge < -0.3 is 9.09 Å². The lowest BCUT2D eigenvalue weighted by atomic mass is 10.2. The van der Waals surface area contributed by atoms with Crippen LogP contribution in [0.25, 0.3) is 0 Å². The van der Waals surface area contributed by atoms with Gasteiger partial charge in [-0.25, -0.2) is 0 Å². The summed E-state index contributed by atoms with van der Waals surface area (Å²) >= 11 is 0. The third-order valence-electron chi connectivity index (χ3n) is 2.46. The summed E-state index contributed by atoms with van der Waals surface area (Å²) < 4.78 is 6.99. The van der Waals surface area contributed by atoms with E-state index < -0.39 is 0 Å². The van der Waals surface area contributed by atoms with E-state index >= 15 is 0 Å². The van der Waals surface area contributed by atoms with Crippen LogP contribution in [-0.2, 0) is 13.0 Å². The van der Waals surface area contributed by atoms with Gasteiger partial charge in [-0.1, -0.05) is 12.1 Å². The van der Waals surface area contributed by atoms with Crippen molar-refractivity contribution in [3.8, 4) is 0 Å². The highest BCUT2D eigenvalue weighted by atomic mass is 16.5. The Morgan fingerprint density at radius 1 is 1.53 bits per heavy atom. The fraction of sp³-hybridized carbons (Fsp3) is 0.417. The molecular formula is C12H15N3O2. The number of nitrogens with zero attached hydrogens (tertiary/aromatic N) is 3. The lowest BCUT2D eigenvalue weighted by Gasteiger charge is -1.95. The van der Waals surface area contributed by atoms with Gasteiger partial charge in [-0.3, -0.25) is 4.79 Å². The molecule has 5 nitrogen and oxygen atoms in total. The first kappa shape index (κ1) is 11.6. The summed E-state index contributed by atoms with van der Waals surface area (Å²) in [5.74, 6) is 1.36. The van der Waals surface area contributed by atoms with Gasteiger partial charge in [-0.2, -0.15) is 4.98 Å². The van der Waals surface area contributed by atoms with Crippen LogP contribution in [0.4, 0.5) is 0 Å². The molecule has 2 heterocycles. The van der Waals surface area contributed by atoms with Crippen LogP contribution in [0.15, 0.2) is 23.0 Å². The Morgan fingerprint density at radius 3 is 3.00 bits per heavy atom. The molecular weight excluding hydrogens is 218 g/mol. The molecule has 0 spiro atoms. The maximum Gasteiger partial charge on any atom is 0.246 e. The quantitative estimate of drug-likeness (QED) is 0.742. The van der Waals surface area contributed by atoms with Crippen LogP contribution in [0.3, 0.4) is 0 Å². The number of ketones is 1. The summed E-state index contributed by atoms with van der Waals surface area (Å²) in [5.41, 5.74) is 0.693. The number of carbonyl (C=O) groups is 1. The van der Waals surface area contributed by atoms with Gasteiger partial charge in [0.2, 0.25) is 5.89 Å². The minimum Gasteiger partial charge on any atom is -0.344 e. The first-order valence-corrected chi connectivity index (χ1v) is 5.67. The maximum atomic E-state index is 11.1. The SMILES string of the molecule is CCCc1noc(Cn2ccc(C(C)=O)c2)n1. The number of aryl methyl sites for hydroxylation is 1. The standard InChI is InChI=1S/C12H15N3O2/c1-3-4-11-13-12(17-14-11)8-15-6-5-10(7-15)9(2)16/h5-7H,3-4,8H2,1-2H3. The van der Waals surface area contributed by atoms with E-state index in [0.29, 0.717) is 18.0 Å². The predicted octanol–water partition coefficient (Wildman–Crippen LogP) is 2.07. The normalized spacial score (nSPS) is 10.7. The van der Waals surface area contributed by atoms with Crippen molar-refractivity contribution in [2.45, 2.75) is 33.2 Å². The van der Waals surface area contributed by atoms with Crippen LogP contribution in [0.5, 0.6) is 0 Å². The van der Waals surface area contributed by atoms with Crippen LogP contribution in [0, 0.1) is 0 Å². The molecule has 5 heteroatoms. The smallest absolute Gasteiger partial charge is 0.246 e. The summed E-state index contributed by atoms with van der Waals surface area (Å²) in [5, 5.41) is 3.88. The molecule has 90 valence electrons. The highest BCUT2D eigenvalue weighted by Crippen LogP contribution is 2.06. The third-order valence-corrected chi connectivity index (χ3v) is 2.46. The van der Waals surface area contributed by atoms with Crippen LogP contribution >= 0.6 is 0 Å². The van der Waals surface area contributed by atoms with Crippen molar-refractivity contribution in [3.63, 3.8) is 0 Å². The van der Waals surface area contributed by atoms with Crippen LogP contribution in [0.2, 0.25) is 0 Å². The fourth-order valence-electron chi connectivity index (χ4n) is 1.58. The molecule has 0 amide bonds. The predicted molar refractivity (Wildman–Crippen MR) is 61.8 cm³/mol. The van der Waals surface area contributed by atoms with Gasteiger partial charge in [-0.05, 0) is 19.4 Å². The van der Waals surface area contributed by atoms with E-state index in [1.165, 1.54) is 0 Å². The largest absolute Gasteiger partial charge is 0.344 e. The van der Waals surface area contributed by atoms with Crippen molar-refractivity contribution in [1.29, 1.82) is 0 Å². The van der Waals surface area contributed by atoms with Gasteiger partial charge >= 0.3 is 0 Å². The molecule has 2 rings (SSSR count). The Bertz CT molecular complexity index is 513. The Morgan fingerprint density at radius 2 is 2.35 bits per heavy atom. The maximum absolute atomic E-state index is 11.1. The molecule has 0 aliphatic carbocycles. The first-order valence-electron chi connectivity index (χ1n) is 5.67. The second-order valence-electron chi connectivity index (χ2n) is 3.98. The molecule has 0 aliphatic heterocycles. The molecule has 0 aromatic carbocycles. The molecule has 2 aromatic rings. The molecule has 0 fully saturated rings. The minimum absolute atomic E-state index is 0.0564. The zero-order valence-corrected chi connectivity index (χ0v) is 10.0. The summed E-state index contributed by atoms with van der Waals surface area (Å²) in [6, 6.07) is 1.78. The van der Waals surface area contributed by atoms with E-state index in [1.807, 2.05) is 10.8 Å². The second kappa shape index (κ2) is 4.95. The molecule has 17 heavy (non-hydrogen) atoms. The number of hydrogen-bond acceptors (Lipinski definition) is 4. The summed E-state index contributed by atoms with van der Waals surface area (Å²) in [6.07, 6.45) is 5.44. The summed E-state index contributed by atoms with van der Waals surface area (Å²) in [7, 11) is 0. The lowest BCUT2D eigenvalue weighted by Crippen LogP contribution is -1.98. The Balaban J connectivity index is 2.05. The monoisotopic (exact) mass is 233 g/mol. The van der Waals surface area contributed by atoms with Crippen molar-refractivity contribution in [2.75, 3.05) is 0 Å². The third kappa shape index (κ3) is 2.81. The molecule has 0 unspecified atom stereocenters. The lowest BCUT2D eigenvalue weighted by molar-refractivity contribution is 0.101. The van der Waals surface area contributed by atoms with Gasteiger partial charge in [0.25, 0.3) is 0 Å². The topological polar surface area (TPSA) is 60.9 Å². The first-order chi connectivity index (χ1) is 8.19. The average molecular weight is 233 g/mol. The Kier molecular flexibility index (Phi) is 3.37. The number of carbonyl (C=O) groups excluding carboxylic acids is 1. The van der Waals surface area contributed by atoms with Gasteiger partial charge in [0, 0.05) is 24.4 Å². The van der Waals surface area contributed by atoms with Gasteiger partial charge in [0.15, 0.2) is 11.6 Å². The summed E-state index contributed by atoms with van der Waals surface area (Å²) in [6.45, 7) is 4.12. The van der Waals surface area contributed by atoms with E-state index in [9.17, 15) is 4.79 Å². The minimum atomic E-state index is 0.0564. The molecule has 2 aromatic heterocycles. The van der Waals surface area contributed by atoms with E-state index in [-0.39, 0.29) is 5.78 Å². The zero-order valence-electron chi connectivity index (χ0n) is 10.0. The van der Waals surface area contributed by atoms with Crippen molar-refractivity contribution in [2.24, 2.45) is 0 Å². The second-order valence-corrected chi connectivity index (χ2v) is 3.98. The van der Waals surface area contributed by atoms with Crippen molar-refractivity contribution in [3.05, 3.63) is 35.7 Å². The van der Waals surface area contributed by atoms with Crippen LogP contribution in [-0.4, -0.2) is 20.5 Å². The molecule has 0 saturated carbocycles. The summed E-state index contributed by atoms with van der Waals surface area (Å²) in [4.78, 5) is 15.4. The van der Waals surface area contributed by atoms with Crippen molar-refractivity contribution in [1.82, 2.24) is 14.7 Å². The van der Waals surface area contributed by atoms with E-state index in [0.717, 1.165) is 18.7 Å². The van der Waals surface area contributed by atoms with Gasteiger partial charge in [0.05, 0.1) is 0 Å². The highest BCUT2D eigenvalue weighted by Gasteiger charge is 2.07. The molecule has 0 bridgehead atoms. The van der Waals surface area contributed by atoms with Gasteiger partial charge in [-0.15, -0.1) is 0 Å². The Labute approximate surface area is 99.4 Å². The average Bonchev–Trinajstić information content (AvgIpc) is 2.89. The molecule has 0 atom stereocenters. The number of rotatable bonds is 5. The number of hydrogen-bond donors (Lipinski definition) is 0. The van der Waals surface area contributed by atoms with Crippen LogP contribution in [0.1, 0.15) is 42.3 Å². The van der Waals surface area contributed by atoms with E-state index in [2.05, 4.69) is 17.1 Å². The van der Waals surface area contributed by atoms with Crippen molar-refractivity contribution >= 4 is 5.78 Å². The molecule has 0 radical (unpaired) electrons. The fourth-order valence-corrected chi connectivity index (χ4v) is 1.58. The van der Waals surface area contributed by atoms with Crippen LogP contribution < -0.4 is 0 Å². The van der Waals surface area contributed by atoms with E-state index in [4.69, 9.17) is 4.52 Å². The zero-order chi connectivity index (χ0) is 12.3. The van der Waals surface area contributed by atoms with Gasteiger partial charge in [0.1, 0.15) is 6.54 Å².